The first-order valence-corrected chi connectivity index (χ1v) is 3.85. The fourth-order valence-electron chi connectivity index (χ4n) is 1.06. The second-order valence-corrected chi connectivity index (χ2v) is 3.09. The van der Waals surface area contributed by atoms with E-state index in [1.54, 1.807) is 0 Å². The molecule has 0 amide bonds. The molecule has 1 aromatic rings. The van der Waals surface area contributed by atoms with Gasteiger partial charge < -0.3 is 0 Å². The van der Waals surface area contributed by atoms with Gasteiger partial charge in [-0.15, -0.1) is 0 Å². The first-order chi connectivity index (χ1) is 5.52. The minimum absolute atomic E-state index is 0.0128. The molecule has 3 heteroatoms. The molecule has 0 saturated heterocycles. The van der Waals surface area contributed by atoms with Crippen LogP contribution < -0.4 is 0 Å². The van der Waals surface area contributed by atoms with E-state index >= 15 is 0 Å². The average Bonchev–Trinajstić information content (AvgIpc) is 1.96. The van der Waals surface area contributed by atoms with Crippen LogP contribution in [0.2, 0.25) is 0 Å². The molecule has 0 unspecified atom stereocenters. The topological polar surface area (TPSA) is 12.9 Å². The van der Waals surface area contributed by atoms with Crippen LogP contribution in [0.3, 0.4) is 0 Å². The fraction of sp³-hybridized carbons (Fsp3) is 0.444. The zero-order valence-corrected chi connectivity index (χ0v) is 7.36. The Morgan fingerprint density at radius 2 is 1.92 bits per heavy atom. The summed E-state index contributed by atoms with van der Waals surface area (Å²) in [7, 11) is 0. The molecule has 1 aromatic heterocycles. The van der Waals surface area contributed by atoms with Gasteiger partial charge in [0.15, 0.2) is 0 Å². The Morgan fingerprint density at radius 1 is 1.33 bits per heavy atom. The van der Waals surface area contributed by atoms with Gasteiger partial charge in [-0.3, -0.25) is 0 Å². The zero-order chi connectivity index (χ0) is 9.30. The third-order valence-corrected chi connectivity index (χ3v) is 1.74. The summed E-state index contributed by atoms with van der Waals surface area (Å²) in [5, 5.41) is 0. The van der Waals surface area contributed by atoms with Gasteiger partial charge in [0, 0.05) is 0 Å². The SMILES string of the molecule is Cc1nc(F)cc(C(C)C)c1F. The number of aryl methyl sites for hydroxylation is 1. The van der Waals surface area contributed by atoms with Gasteiger partial charge in [-0.1, -0.05) is 13.8 Å². The van der Waals surface area contributed by atoms with E-state index in [1.807, 2.05) is 13.8 Å². The van der Waals surface area contributed by atoms with E-state index in [9.17, 15) is 8.78 Å². The molecule has 0 bridgehead atoms. The van der Waals surface area contributed by atoms with Crippen LogP contribution in [0.5, 0.6) is 0 Å². The highest BCUT2D eigenvalue weighted by atomic mass is 19.1. The maximum Gasteiger partial charge on any atom is 0.213 e. The average molecular weight is 171 g/mol. The Labute approximate surface area is 70.4 Å². The number of hydrogen-bond donors (Lipinski definition) is 0. The number of hydrogen-bond acceptors (Lipinski definition) is 1. The van der Waals surface area contributed by atoms with E-state index in [-0.39, 0.29) is 11.6 Å². The first-order valence-electron chi connectivity index (χ1n) is 3.85. The molecule has 66 valence electrons. The summed E-state index contributed by atoms with van der Waals surface area (Å²) in [4.78, 5) is 3.37. The van der Waals surface area contributed by atoms with Crippen molar-refractivity contribution in [3.63, 3.8) is 0 Å². The molecular formula is C9H11F2N. The monoisotopic (exact) mass is 171 g/mol. The fourth-order valence-corrected chi connectivity index (χ4v) is 1.06. The lowest BCUT2D eigenvalue weighted by Gasteiger charge is -2.07. The van der Waals surface area contributed by atoms with Crippen LogP contribution in [-0.2, 0) is 0 Å². The molecule has 0 atom stereocenters. The van der Waals surface area contributed by atoms with Gasteiger partial charge in [0.2, 0.25) is 5.95 Å². The predicted octanol–water partition coefficient (Wildman–Crippen LogP) is 2.79. The Kier molecular flexibility index (Phi) is 2.40. The van der Waals surface area contributed by atoms with Crippen LogP contribution in [0.1, 0.15) is 31.0 Å². The molecule has 0 aromatic carbocycles. The van der Waals surface area contributed by atoms with Crippen molar-refractivity contribution < 1.29 is 8.78 Å². The first kappa shape index (κ1) is 9.10. The van der Waals surface area contributed by atoms with Crippen molar-refractivity contribution in [2.75, 3.05) is 0 Å². The number of rotatable bonds is 1. The van der Waals surface area contributed by atoms with Crippen molar-refractivity contribution in [3.05, 3.63) is 29.1 Å². The van der Waals surface area contributed by atoms with Crippen molar-refractivity contribution in [1.29, 1.82) is 0 Å². The Balaban J connectivity index is 3.28. The van der Waals surface area contributed by atoms with Crippen LogP contribution in [0.4, 0.5) is 8.78 Å². The summed E-state index contributed by atoms with van der Waals surface area (Å²) in [6.07, 6.45) is 0. The Bertz CT molecular complexity index is 295. The molecule has 0 saturated carbocycles. The number of aromatic nitrogens is 1. The molecule has 0 N–H and O–H groups in total. The van der Waals surface area contributed by atoms with Crippen molar-refractivity contribution in [2.24, 2.45) is 0 Å². The molecule has 12 heavy (non-hydrogen) atoms. The lowest BCUT2D eigenvalue weighted by atomic mass is 10.0. The van der Waals surface area contributed by atoms with Gasteiger partial charge in [0.1, 0.15) is 5.82 Å². The molecular weight excluding hydrogens is 160 g/mol. The van der Waals surface area contributed by atoms with Crippen LogP contribution in [0.25, 0.3) is 0 Å². The highest BCUT2D eigenvalue weighted by molar-refractivity contribution is 5.22. The second-order valence-electron chi connectivity index (χ2n) is 3.09. The van der Waals surface area contributed by atoms with Gasteiger partial charge in [0.05, 0.1) is 5.69 Å². The lowest BCUT2D eigenvalue weighted by Crippen LogP contribution is -2.00. The van der Waals surface area contributed by atoms with Gasteiger partial charge in [-0.2, -0.15) is 4.39 Å². The molecule has 0 spiro atoms. The van der Waals surface area contributed by atoms with E-state index in [0.717, 1.165) is 6.07 Å². The maximum absolute atomic E-state index is 13.2. The van der Waals surface area contributed by atoms with Gasteiger partial charge >= 0.3 is 0 Å². The van der Waals surface area contributed by atoms with Crippen molar-refractivity contribution in [2.45, 2.75) is 26.7 Å². The van der Waals surface area contributed by atoms with Crippen molar-refractivity contribution in [3.8, 4) is 0 Å². The molecule has 1 rings (SSSR count). The summed E-state index contributed by atoms with van der Waals surface area (Å²) >= 11 is 0. The zero-order valence-electron chi connectivity index (χ0n) is 7.36. The minimum atomic E-state index is -0.613. The maximum atomic E-state index is 13.2. The second kappa shape index (κ2) is 3.17. The molecule has 1 nitrogen and oxygen atoms in total. The summed E-state index contributed by atoms with van der Waals surface area (Å²) in [5.41, 5.74) is 0.513. The lowest BCUT2D eigenvalue weighted by molar-refractivity contribution is 0.532. The van der Waals surface area contributed by atoms with Crippen LogP contribution in [0.15, 0.2) is 6.07 Å². The van der Waals surface area contributed by atoms with E-state index in [1.165, 1.54) is 6.92 Å². The summed E-state index contributed by atoms with van der Waals surface area (Å²) in [6, 6.07) is 1.15. The Morgan fingerprint density at radius 3 is 2.42 bits per heavy atom. The molecule has 0 aliphatic rings. The standard InChI is InChI=1S/C9H11F2N/c1-5(2)7-4-8(10)12-6(3)9(7)11/h4-5H,1-3H3. The summed E-state index contributed by atoms with van der Waals surface area (Å²) < 4.78 is 25.9. The van der Waals surface area contributed by atoms with E-state index in [2.05, 4.69) is 4.98 Å². The largest absolute Gasteiger partial charge is 0.222 e. The molecule has 0 fully saturated rings. The third kappa shape index (κ3) is 1.60. The van der Waals surface area contributed by atoms with Gasteiger partial charge in [-0.05, 0) is 24.5 Å². The summed E-state index contributed by atoms with van der Waals surface area (Å²) in [5.74, 6) is -1.02. The van der Waals surface area contributed by atoms with Crippen molar-refractivity contribution >= 4 is 0 Å². The van der Waals surface area contributed by atoms with Crippen molar-refractivity contribution in [1.82, 2.24) is 4.98 Å². The molecule has 0 aliphatic heterocycles. The van der Waals surface area contributed by atoms with Crippen LogP contribution in [-0.4, -0.2) is 4.98 Å². The number of halogens is 2. The smallest absolute Gasteiger partial charge is 0.213 e. The van der Waals surface area contributed by atoms with Gasteiger partial charge in [-0.25, -0.2) is 9.37 Å². The number of nitrogens with zero attached hydrogens (tertiary/aromatic N) is 1. The van der Waals surface area contributed by atoms with Crippen LogP contribution >= 0.6 is 0 Å². The molecule has 0 aliphatic carbocycles. The highest BCUT2D eigenvalue weighted by Crippen LogP contribution is 2.20. The molecule has 0 radical (unpaired) electrons. The number of pyridine rings is 1. The van der Waals surface area contributed by atoms with E-state index in [4.69, 9.17) is 0 Å². The summed E-state index contributed by atoms with van der Waals surface area (Å²) in [6.45, 7) is 5.10. The van der Waals surface area contributed by atoms with E-state index in [0.29, 0.717) is 5.56 Å². The van der Waals surface area contributed by atoms with Crippen LogP contribution in [0, 0.1) is 18.7 Å². The van der Waals surface area contributed by atoms with Gasteiger partial charge in [0.25, 0.3) is 0 Å². The predicted molar refractivity (Wildman–Crippen MR) is 43.0 cm³/mol. The highest BCUT2D eigenvalue weighted by Gasteiger charge is 2.11. The normalized spacial score (nSPS) is 10.8. The quantitative estimate of drug-likeness (QED) is 0.592. The van der Waals surface area contributed by atoms with E-state index < -0.39 is 11.8 Å². The minimum Gasteiger partial charge on any atom is -0.222 e. The third-order valence-electron chi connectivity index (χ3n) is 1.74. The Hall–Kier alpha value is -0.990. The molecule has 1 heterocycles.